The summed E-state index contributed by atoms with van der Waals surface area (Å²) in [7, 11) is 4.08. The summed E-state index contributed by atoms with van der Waals surface area (Å²) in [6.45, 7) is 9.09. The summed E-state index contributed by atoms with van der Waals surface area (Å²) in [6.07, 6.45) is 0. The fourth-order valence-corrected chi connectivity index (χ4v) is 2.91. The maximum atomic E-state index is 6.51. The lowest BCUT2D eigenvalue weighted by atomic mass is 10.0. The van der Waals surface area contributed by atoms with E-state index >= 15 is 0 Å². The van der Waals surface area contributed by atoms with E-state index in [4.69, 9.17) is 16.6 Å². The summed E-state index contributed by atoms with van der Waals surface area (Å²) in [6, 6.07) is 0. The minimum atomic E-state index is 0.339. The van der Waals surface area contributed by atoms with Crippen LogP contribution in [0.15, 0.2) is 0 Å². The van der Waals surface area contributed by atoms with Gasteiger partial charge in [-0.3, -0.25) is 0 Å². The van der Waals surface area contributed by atoms with Crippen LogP contribution in [0.5, 0.6) is 0 Å². The van der Waals surface area contributed by atoms with Crippen LogP contribution in [-0.4, -0.2) is 33.6 Å². The molecule has 4 nitrogen and oxygen atoms in total. The second-order valence-electron chi connectivity index (χ2n) is 5.59. The first kappa shape index (κ1) is 14.3. The van der Waals surface area contributed by atoms with Gasteiger partial charge < -0.3 is 4.90 Å². The molecule has 0 spiro atoms. The summed E-state index contributed by atoms with van der Waals surface area (Å²) in [5.74, 6) is 0.339. The van der Waals surface area contributed by atoms with Crippen LogP contribution in [0, 0.1) is 13.8 Å². The first-order valence-corrected chi connectivity index (χ1v) is 6.89. The van der Waals surface area contributed by atoms with Gasteiger partial charge in [-0.05, 0) is 33.9 Å². The number of hydrogen-bond acceptors (Lipinski definition) is 3. The fraction of sp³-hybridized carbons (Fsp3) is 0.571. The molecule has 0 saturated carbocycles. The molecule has 0 amide bonds. The predicted octanol–water partition coefficient (Wildman–Crippen LogP) is 3.18. The van der Waals surface area contributed by atoms with Crippen molar-refractivity contribution in [2.75, 3.05) is 14.1 Å². The molecule has 2 aromatic heterocycles. The molecule has 0 saturated heterocycles. The lowest BCUT2D eigenvalue weighted by molar-refractivity contribution is 0.403. The first-order chi connectivity index (χ1) is 8.82. The van der Waals surface area contributed by atoms with Crippen molar-refractivity contribution in [3.8, 4) is 0 Å². The molecule has 0 aliphatic heterocycles. The highest BCUT2D eigenvalue weighted by molar-refractivity contribution is 6.30. The summed E-state index contributed by atoms with van der Waals surface area (Å²) in [5, 5.41) is 5.23. The second kappa shape index (κ2) is 5.10. The average molecular weight is 281 g/mol. The molecule has 2 heterocycles. The molecule has 0 atom stereocenters. The zero-order valence-corrected chi connectivity index (χ0v) is 13.2. The third-order valence-electron chi connectivity index (χ3n) is 3.28. The van der Waals surface area contributed by atoms with Crippen molar-refractivity contribution < 1.29 is 0 Å². The Morgan fingerprint density at radius 2 is 1.84 bits per heavy atom. The monoisotopic (exact) mass is 280 g/mol. The molecule has 0 aliphatic carbocycles. The van der Waals surface area contributed by atoms with Crippen LogP contribution in [0.1, 0.15) is 42.3 Å². The van der Waals surface area contributed by atoms with Gasteiger partial charge in [0, 0.05) is 23.4 Å². The van der Waals surface area contributed by atoms with E-state index in [2.05, 4.69) is 23.8 Å². The molecule has 0 unspecified atom stereocenters. The van der Waals surface area contributed by atoms with Crippen LogP contribution in [0.4, 0.5) is 0 Å². The highest BCUT2D eigenvalue weighted by atomic mass is 35.5. The Morgan fingerprint density at radius 3 is 2.37 bits per heavy atom. The van der Waals surface area contributed by atoms with Gasteiger partial charge in [0.05, 0.1) is 5.69 Å². The van der Waals surface area contributed by atoms with Gasteiger partial charge in [0.25, 0.3) is 0 Å². The Balaban J connectivity index is 2.73. The number of aromatic nitrogens is 3. The van der Waals surface area contributed by atoms with Gasteiger partial charge in [-0.25, -0.2) is 9.50 Å². The van der Waals surface area contributed by atoms with Crippen molar-refractivity contribution in [1.82, 2.24) is 19.5 Å². The van der Waals surface area contributed by atoms with E-state index < -0.39 is 0 Å². The Kier molecular flexibility index (Phi) is 3.83. The Bertz CT molecular complexity index is 614. The Labute approximate surface area is 119 Å². The molecular formula is C14H21ClN4. The van der Waals surface area contributed by atoms with Crippen molar-refractivity contribution in [3.05, 3.63) is 27.7 Å². The van der Waals surface area contributed by atoms with Crippen molar-refractivity contribution in [2.45, 2.75) is 40.2 Å². The number of halogens is 1. The molecule has 0 N–H and O–H groups in total. The largest absolute Gasteiger partial charge is 0.305 e. The van der Waals surface area contributed by atoms with Crippen LogP contribution in [0.2, 0.25) is 5.15 Å². The molecule has 0 aromatic carbocycles. The highest BCUT2D eigenvalue weighted by Gasteiger charge is 2.19. The standard InChI is InChI=1S/C14H21ClN4/c1-8(2)12-10(4)16-14-11(7-18(5)6)9(3)17-19(14)13(12)15/h8H,7H2,1-6H3. The molecule has 104 valence electrons. The van der Waals surface area contributed by atoms with Crippen LogP contribution in [-0.2, 0) is 6.54 Å². The van der Waals surface area contributed by atoms with Gasteiger partial charge in [-0.2, -0.15) is 5.10 Å². The molecular weight excluding hydrogens is 260 g/mol. The van der Waals surface area contributed by atoms with Crippen LogP contribution < -0.4 is 0 Å². The zero-order chi connectivity index (χ0) is 14.3. The topological polar surface area (TPSA) is 33.4 Å². The fourth-order valence-electron chi connectivity index (χ4n) is 2.44. The molecule has 5 heteroatoms. The van der Waals surface area contributed by atoms with Gasteiger partial charge in [-0.1, -0.05) is 25.4 Å². The summed E-state index contributed by atoms with van der Waals surface area (Å²) >= 11 is 6.51. The summed E-state index contributed by atoms with van der Waals surface area (Å²) < 4.78 is 1.78. The van der Waals surface area contributed by atoms with E-state index in [0.717, 1.165) is 34.7 Å². The third-order valence-corrected chi connectivity index (χ3v) is 3.64. The van der Waals surface area contributed by atoms with Gasteiger partial charge in [0.2, 0.25) is 0 Å². The van der Waals surface area contributed by atoms with Crippen LogP contribution >= 0.6 is 11.6 Å². The second-order valence-corrected chi connectivity index (χ2v) is 5.95. The minimum Gasteiger partial charge on any atom is -0.305 e. The lowest BCUT2D eigenvalue weighted by Crippen LogP contribution is -2.12. The van der Waals surface area contributed by atoms with E-state index in [1.165, 1.54) is 0 Å². The van der Waals surface area contributed by atoms with E-state index in [0.29, 0.717) is 11.1 Å². The number of fused-ring (bicyclic) bond motifs is 1. The number of aryl methyl sites for hydroxylation is 2. The normalized spacial score (nSPS) is 12.1. The van der Waals surface area contributed by atoms with Gasteiger partial charge in [0.15, 0.2) is 5.65 Å². The molecule has 0 fully saturated rings. The quantitative estimate of drug-likeness (QED) is 0.810. The molecule has 19 heavy (non-hydrogen) atoms. The predicted molar refractivity (Wildman–Crippen MR) is 79.0 cm³/mol. The molecule has 2 rings (SSSR count). The van der Waals surface area contributed by atoms with E-state index in [9.17, 15) is 0 Å². The van der Waals surface area contributed by atoms with E-state index in [1.54, 1.807) is 4.52 Å². The molecule has 0 radical (unpaired) electrons. The third kappa shape index (κ3) is 2.47. The highest BCUT2D eigenvalue weighted by Crippen LogP contribution is 2.29. The molecule has 0 bridgehead atoms. The summed E-state index contributed by atoms with van der Waals surface area (Å²) in [5.41, 5.74) is 5.08. The van der Waals surface area contributed by atoms with Gasteiger partial charge >= 0.3 is 0 Å². The Morgan fingerprint density at radius 1 is 1.21 bits per heavy atom. The smallest absolute Gasteiger partial charge is 0.161 e. The maximum Gasteiger partial charge on any atom is 0.161 e. The SMILES string of the molecule is Cc1nc2c(CN(C)C)c(C)nn2c(Cl)c1C(C)C. The maximum absolute atomic E-state index is 6.51. The van der Waals surface area contributed by atoms with E-state index in [1.807, 2.05) is 27.9 Å². The van der Waals surface area contributed by atoms with Crippen LogP contribution in [0.25, 0.3) is 5.65 Å². The van der Waals surface area contributed by atoms with Gasteiger partial charge in [-0.15, -0.1) is 0 Å². The van der Waals surface area contributed by atoms with Crippen molar-refractivity contribution in [2.24, 2.45) is 0 Å². The van der Waals surface area contributed by atoms with E-state index in [-0.39, 0.29) is 0 Å². The summed E-state index contributed by atoms with van der Waals surface area (Å²) in [4.78, 5) is 6.84. The first-order valence-electron chi connectivity index (χ1n) is 6.51. The number of nitrogens with zero attached hydrogens (tertiary/aromatic N) is 4. The molecule has 2 aromatic rings. The van der Waals surface area contributed by atoms with Crippen molar-refractivity contribution in [1.29, 1.82) is 0 Å². The van der Waals surface area contributed by atoms with Crippen LogP contribution in [0.3, 0.4) is 0 Å². The number of rotatable bonds is 3. The minimum absolute atomic E-state index is 0.339. The Hall–Kier alpha value is -1.13. The lowest BCUT2D eigenvalue weighted by Gasteiger charge is -2.13. The molecule has 0 aliphatic rings. The zero-order valence-electron chi connectivity index (χ0n) is 12.5. The van der Waals surface area contributed by atoms with Gasteiger partial charge in [0.1, 0.15) is 5.15 Å². The van der Waals surface area contributed by atoms with Crippen molar-refractivity contribution >= 4 is 17.2 Å². The number of hydrogen-bond donors (Lipinski definition) is 0. The van der Waals surface area contributed by atoms with Crippen molar-refractivity contribution in [3.63, 3.8) is 0 Å². The average Bonchev–Trinajstić information content (AvgIpc) is 2.56.